The molecule has 1 N–H and O–H groups in total. The molecule has 3 atom stereocenters. The number of carbonyl (C=O) groups excluding carboxylic acids is 1. The molecule has 2 bridgehead atoms. The summed E-state index contributed by atoms with van der Waals surface area (Å²) in [6.45, 7) is 6.38. The molecule has 2 rings (SSSR count). The van der Waals surface area contributed by atoms with Gasteiger partial charge in [0.25, 0.3) is 0 Å². The second-order valence-electron chi connectivity index (χ2n) is 5.35. The smallest absolute Gasteiger partial charge is 0.148 e. The Morgan fingerprint density at radius 3 is 2.57 bits per heavy atom. The van der Waals surface area contributed by atoms with E-state index >= 15 is 0 Å². The van der Waals surface area contributed by atoms with Gasteiger partial charge in [-0.15, -0.1) is 5.16 Å². The highest BCUT2D eigenvalue weighted by Crippen LogP contribution is 2.65. The Morgan fingerprint density at radius 2 is 2.14 bits per heavy atom. The predicted molar refractivity (Wildman–Crippen MR) is 53.4 cm³/mol. The summed E-state index contributed by atoms with van der Waals surface area (Å²) >= 11 is 0. The molecule has 0 radical (unpaired) electrons. The van der Waals surface area contributed by atoms with E-state index in [-0.39, 0.29) is 22.5 Å². The number of rotatable bonds is 1. The third-order valence-corrected chi connectivity index (χ3v) is 4.81. The van der Waals surface area contributed by atoms with E-state index in [1.165, 1.54) is 6.21 Å². The van der Waals surface area contributed by atoms with E-state index in [4.69, 9.17) is 5.21 Å². The Bertz CT molecular complexity index is 308. The average Bonchev–Trinajstić information content (AvgIpc) is 2.41. The summed E-state index contributed by atoms with van der Waals surface area (Å²) in [6.07, 6.45) is 3.48. The van der Waals surface area contributed by atoms with Gasteiger partial charge in [-0.3, -0.25) is 4.79 Å². The van der Waals surface area contributed by atoms with Crippen LogP contribution in [-0.4, -0.2) is 17.2 Å². The van der Waals surface area contributed by atoms with E-state index in [9.17, 15) is 4.79 Å². The van der Waals surface area contributed by atoms with Gasteiger partial charge in [0.15, 0.2) is 0 Å². The van der Waals surface area contributed by atoms with Crippen molar-refractivity contribution in [2.24, 2.45) is 27.8 Å². The number of nitrogens with zero attached hydrogens (tertiary/aromatic N) is 1. The highest BCUT2D eigenvalue weighted by Gasteiger charge is 2.65. The van der Waals surface area contributed by atoms with Gasteiger partial charge in [0.2, 0.25) is 0 Å². The zero-order chi connectivity index (χ0) is 10.6. The third kappa shape index (κ3) is 0.830. The van der Waals surface area contributed by atoms with Crippen molar-refractivity contribution in [2.45, 2.75) is 33.6 Å². The van der Waals surface area contributed by atoms with Gasteiger partial charge in [0.1, 0.15) is 5.78 Å². The van der Waals surface area contributed by atoms with Crippen molar-refractivity contribution in [2.75, 3.05) is 0 Å². The third-order valence-electron chi connectivity index (χ3n) is 4.81. The molecule has 0 aromatic carbocycles. The van der Waals surface area contributed by atoms with E-state index in [1.54, 1.807) is 0 Å². The zero-order valence-corrected chi connectivity index (χ0v) is 8.95. The van der Waals surface area contributed by atoms with Gasteiger partial charge in [-0.2, -0.15) is 0 Å². The normalized spacial score (nSPS) is 45.2. The molecular weight excluding hydrogens is 178 g/mol. The number of oxime groups is 1. The molecule has 0 saturated heterocycles. The van der Waals surface area contributed by atoms with Crippen LogP contribution in [0.15, 0.2) is 5.16 Å². The van der Waals surface area contributed by atoms with Crippen LogP contribution >= 0.6 is 0 Å². The van der Waals surface area contributed by atoms with Crippen LogP contribution in [-0.2, 0) is 4.79 Å². The number of carbonyl (C=O) groups is 1. The highest BCUT2D eigenvalue weighted by molar-refractivity contribution is 6.02. The second kappa shape index (κ2) is 2.59. The van der Waals surface area contributed by atoms with Crippen molar-refractivity contribution < 1.29 is 10.0 Å². The Kier molecular flexibility index (Phi) is 1.79. The fourth-order valence-electron chi connectivity index (χ4n) is 3.40. The summed E-state index contributed by atoms with van der Waals surface area (Å²) < 4.78 is 0. The van der Waals surface area contributed by atoms with Crippen molar-refractivity contribution in [1.82, 2.24) is 0 Å². The summed E-state index contributed by atoms with van der Waals surface area (Å²) in [6, 6.07) is 0. The monoisotopic (exact) mass is 195 g/mol. The summed E-state index contributed by atoms with van der Waals surface area (Å²) in [5.74, 6) is 0.459. The maximum Gasteiger partial charge on any atom is 0.148 e. The lowest BCUT2D eigenvalue weighted by Gasteiger charge is -2.32. The van der Waals surface area contributed by atoms with Gasteiger partial charge >= 0.3 is 0 Å². The van der Waals surface area contributed by atoms with Crippen LogP contribution in [0.3, 0.4) is 0 Å². The molecule has 0 heterocycles. The largest absolute Gasteiger partial charge is 0.411 e. The van der Waals surface area contributed by atoms with Gasteiger partial charge in [0, 0.05) is 5.41 Å². The van der Waals surface area contributed by atoms with Crippen molar-refractivity contribution in [3.63, 3.8) is 0 Å². The first-order valence-corrected chi connectivity index (χ1v) is 5.17. The van der Waals surface area contributed by atoms with Crippen molar-refractivity contribution >= 4 is 12.0 Å². The minimum absolute atomic E-state index is 0.0515. The SMILES string of the molecule is CC12CCC(C(C=NO)C1=O)C2(C)C. The maximum atomic E-state index is 12.1. The lowest BCUT2D eigenvalue weighted by atomic mass is 9.70. The van der Waals surface area contributed by atoms with Crippen LogP contribution in [0.1, 0.15) is 33.6 Å². The molecule has 2 aliphatic carbocycles. The number of hydrogen-bond donors (Lipinski definition) is 1. The molecule has 0 aromatic heterocycles. The number of Topliss-reactive ketones (excluding diaryl/α,β-unsaturated/α-hetero) is 1. The Hall–Kier alpha value is -0.860. The van der Waals surface area contributed by atoms with Crippen LogP contribution < -0.4 is 0 Å². The fraction of sp³-hybridized carbons (Fsp3) is 0.818. The number of ketones is 1. The fourth-order valence-corrected chi connectivity index (χ4v) is 3.40. The average molecular weight is 195 g/mol. The standard InChI is InChI=1S/C11H17NO2/c1-10(2)8-4-5-11(10,3)9(13)7(8)6-12-14/h6-8,14H,4-5H2,1-3H3. The summed E-state index contributed by atoms with van der Waals surface area (Å²) in [7, 11) is 0. The maximum absolute atomic E-state index is 12.1. The van der Waals surface area contributed by atoms with Gasteiger partial charge in [-0.25, -0.2) is 0 Å². The Labute approximate surface area is 84.2 Å². The molecule has 0 aliphatic heterocycles. The first-order chi connectivity index (χ1) is 6.45. The van der Waals surface area contributed by atoms with Crippen LogP contribution in [0, 0.1) is 22.7 Å². The Balaban J connectivity index is 2.44. The Morgan fingerprint density at radius 1 is 1.50 bits per heavy atom. The van der Waals surface area contributed by atoms with Gasteiger partial charge in [-0.1, -0.05) is 20.8 Å². The van der Waals surface area contributed by atoms with Crippen molar-refractivity contribution in [3.05, 3.63) is 0 Å². The minimum Gasteiger partial charge on any atom is -0.411 e. The molecular formula is C11H17NO2. The van der Waals surface area contributed by atoms with Gasteiger partial charge in [0.05, 0.1) is 12.1 Å². The lowest BCUT2D eigenvalue weighted by molar-refractivity contribution is -0.129. The van der Waals surface area contributed by atoms with E-state index < -0.39 is 0 Å². The van der Waals surface area contributed by atoms with E-state index in [0.29, 0.717) is 5.92 Å². The van der Waals surface area contributed by atoms with E-state index in [2.05, 4.69) is 25.9 Å². The summed E-state index contributed by atoms with van der Waals surface area (Å²) in [5.41, 5.74) is -0.153. The molecule has 2 aliphatic rings. The van der Waals surface area contributed by atoms with Gasteiger partial charge < -0.3 is 5.21 Å². The van der Waals surface area contributed by atoms with E-state index in [1.807, 2.05) is 0 Å². The molecule has 3 nitrogen and oxygen atoms in total. The molecule has 2 saturated carbocycles. The molecule has 3 heteroatoms. The minimum atomic E-state index is -0.205. The molecule has 3 unspecified atom stereocenters. The molecule has 0 aromatic rings. The molecule has 2 fully saturated rings. The quantitative estimate of drug-likeness (QED) is 0.395. The predicted octanol–water partition coefficient (Wildman–Crippen LogP) is 2.09. The second-order valence-corrected chi connectivity index (χ2v) is 5.35. The van der Waals surface area contributed by atoms with Crippen LogP contribution in [0.25, 0.3) is 0 Å². The molecule has 0 amide bonds. The first kappa shape index (κ1) is 9.69. The van der Waals surface area contributed by atoms with Crippen molar-refractivity contribution in [1.29, 1.82) is 0 Å². The topological polar surface area (TPSA) is 49.7 Å². The van der Waals surface area contributed by atoms with Crippen LogP contribution in [0.2, 0.25) is 0 Å². The van der Waals surface area contributed by atoms with E-state index in [0.717, 1.165) is 12.8 Å². The highest BCUT2D eigenvalue weighted by atomic mass is 16.4. The zero-order valence-electron chi connectivity index (χ0n) is 8.95. The summed E-state index contributed by atoms with van der Waals surface area (Å²) in [4.78, 5) is 12.1. The first-order valence-electron chi connectivity index (χ1n) is 5.17. The number of hydrogen-bond acceptors (Lipinski definition) is 3. The van der Waals surface area contributed by atoms with Crippen LogP contribution in [0.5, 0.6) is 0 Å². The summed E-state index contributed by atoms with van der Waals surface area (Å²) in [5, 5.41) is 11.6. The molecule has 78 valence electrons. The number of fused-ring (bicyclic) bond motifs is 2. The molecule has 0 spiro atoms. The molecule has 14 heavy (non-hydrogen) atoms. The van der Waals surface area contributed by atoms with Gasteiger partial charge in [-0.05, 0) is 24.2 Å². The van der Waals surface area contributed by atoms with Crippen molar-refractivity contribution in [3.8, 4) is 0 Å². The lowest BCUT2D eigenvalue weighted by Crippen LogP contribution is -2.33. The van der Waals surface area contributed by atoms with Crippen LogP contribution in [0.4, 0.5) is 0 Å².